The number of pyridine rings is 1. The molecule has 20 heavy (non-hydrogen) atoms. The number of nitrogen functional groups attached to an aromatic ring is 1. The van der Waals surface area contributed by atoms with E-state index in [0.717, 1.165) is 22.3 Å². The number of hydrogen-bond donors (Lipinski definition) is 2. The minimum absolute atomic E-state index is 0.435. The van der Waals surface area contributed by atoms with Crippen LogP contribution in [0.5, 0.6) is 0 Å². The monoisotopic (exact) mass is 283 g/mol. The van der Waals surface area contributed by atoms with E-state index in [1.807, 2.05) is 6.07 Å². The summed E-state index contributed by atoms with van der Waals surface area (Å²) >= 11 is 1.69. The molecule has 0 aliphatic heterocycles. The van der Waals surface area contributed by atoms with Crippen molar-refractivity contribution in [1.29, 1.82) is 0 Å². The van der Waals surface area contributed by atoms with Crippen molar-refractivity contribution in [3.8, 4) is 10.4 Å². The zero-order valence-corrected chi connectivity index (χ0v) is 12.4. The topological polar surface area (TPSA) is 50.9 Å². The number of nitrogens with one attached hydrogen (secondary N) is 1. The molecule has 2 heterocycles. The zero-order chi connectivity index (χ0) is 14.1. The van der Waals surface area contributed by atoms with Crippen molar-refractivity contribution >= 4 is 28.1 Å². The largest absolute Gasteiger partial charge is 0.308 e. The predicted molar refractivity (Wildman–Crippen MR) is 87.0 cm³/mol. The molecule has 0 atom stereocenters. The molecule has 3 aromatic rings. The second-order valence-corrected chi connectivity index (χ2v) is 6.03. The number of para-hydroxylation sites is 1. The first kappa shape index (κ1) is 13.1. The summed E-state index contributed by atoms with van der Waals surface area (Å²) in [4.78, 5) is 5.91. The number of hydrazine groups is 1. The van der Waals surface area contributed by atoms with E-state index in [0.29, 0.717) is 5.92 Å². The predicted octanol–water partition coefficient (Wildman–Crippen LogP) is 4.37. The van der Waals surface area contributed by atoms with Gasteiger partial charge in [-0.2, -0.15) is 0 Å². The zero-order valence-electron chi connectivity index (χ0n) is 11.6. The Morgan fingerprint density at radius 2 is 2.05 bits per heavy atom. The van der Waals surface area contributed by atoms with Crippen LogP contribution in [0, 0.1) is 0 Å². The molecule has 0 aliphatic rings. The summed E-state index contributed by atoms with van der Waals surface area (Å²) in [6.45, 7) is 4.36. The Labute approximate surface area is 122 Å². The number of nitrogens with two attached hydrogens (primary N) is 1. The normalized spacial score (nSPS) is 11.2. The molecule has 3 rings (SSSR count). The fourth-order valence-corrected chi connectivity index (χ4v) is 3.16. The van der Waals surface area contributed by atoms with E-state index >= 15 is 0 Å². The molecular weight excluding hydrogens is 266 g/mol. The number of hydrogen-bond acceptors (Lipinski definition) is 4. The smallest absolute Gasteiger partial charge is 0.149 e. The lowest BCUT2D eigenvalue weighted by atomic mass is 9.99. The van der Waals surface area contributed by atoms with Gasteiger partial charge in [0.25, 0.3) is 0 Å². The maximum Gasteiger partial charge on any atom is 0.149 e. The number of aromatic nitrogens is 1. The van der Waals surface area contributed by atoms with Crippen molar-refractivity contribution < 1.29 is 0 Å². The lowest BCUT2D eigenvalue weighted by molar-refractivity contribution is 0.873. The summed E-state index contributed by atoms with van der Waals surface area (Å²) in [6.07, 6.45) is 0. The number of nitrogens with zero attached hydrogens (tertiary/aromatic N) is 1. The quantitative estimate of drug-likeness (QED) is 0.554. The Morgan fingerprint density at radius 3 is 2.70 bits per heavy atom. The van der Waals surface area contributed by atoms with Gasteiger partial charge in [0.15, 0.2) is 0 Å². The molecule has 0 spiro atoms. The molecule has 3 N–H and O–H groups in total. The summed E-state index contributed by atoms with van der Waals surface area (Å²) < 4.78 is 0. The lowest BCUT2D eigenvalue weighted by Crippen LogP contribution is -2.10. The van der Waals surface area contributed by atoms with E-state index in [4.69, 9.17) is 10.8 Å². The maximum absolute atomic E-state index is 5.67. The minimum Gasteiger partial charge on any atom is -0.308 e. The van der Waals surface area contributed by atoms with Crippen molar-refractivity contribution in [2.24, 2.45) is 5.84 Å². The van der Waals surface area contributed by atoms with Gasteiger partial charge in [-0.15, -0.1) is 11.3 Å². The molecular formula is C16H17N3S. The highest BCUT2D eigenvalue weighted by Crippen LogP contribution is 2.34. The molecule has 2 aromatic heterocycles. The average Bonchev–Trinajstić information content (AvgIpc) is 2.99. The van der Waals surface area contributed by atoms with Crippen LogP contribution in [0.3, 0.4) is 0 Å². The van der Waals surface area contributed by atoms with Gasteiger partial charge in [0.1, 0.15) is 5.82 Å². The van der Waals surface area contributed by atoms with Crippen molar-refractivity contribution in [2.45, 2.75) is 19.8 Å². The summed E-state index contributed by atoms with van der Waals surface area (Å²) in [5.74, 6) is 6.83. The maximum atomic E-state index is 5.67. The van der Waals surface area contributed by atoms with E-state index in [2.05, 4.69) is 55.0 Å². The molecule has 0 saturated carbocycles. The average molecular weight is 283 g/mol. The van der Waals surface area contributed by atoms with Gasteiger partial charge >= 0.3 is 0 Å². The van der Waals surface area contributed by atoms with Crippen LogP contribution in [-0.4, -0.2) is 4.98 Å². The number of fused-ring (bicyclic) bond motifs is 1. The van der Waals surface area contributed by atoms with Crippen LogP contribution >= 0.6 is 11.3 Å². The van der Waals surface area contributed by atoms with Crippen LogP contribution in [0.1, 0.15) is 25.3 Å². The molecule has 102 valence electrons. The Balaban J connectivity index is 2.29. The first-order valence-electron chi connectivity index (χ1n) is 6.65. The van der Waals surface area contributed by atoms with Gasteiger partial charge in [0.2, 0.25) is 0 Å². The van der Waals surface area contributed by atoms with Gasteiger partial charge in [0.05, 0.1) is 5.52 Å². The fraction of sp³-hybridized carbons (Fsp3) is 0.188. The highest BCUT2D eigenvalue weighted by Gasteiger charge is 2.12. The Hall–Kier alpha value is -1.91. The van der Waals surface area contributed by atoms with Crippen molar-refractivity contribution in [2.75, 3.05) is 5.43 Å². The van der Waals surface area contributed by atoms with Crippen molar-refractivity contribution in [3.05, 3.63) is 47.3 Å². The summed E-state index contributed by atoms with van der Waals surface area (Å²) in [5.41, 5.74) is 6.06. The SMILES string of the molecule is CC(C)c1cccc2cc(-c3cccs3)c(NN)nc12. The minimum atomic E-state index is 0.435. The molecule has 0 fully saturated rings. The molecule has 0 bridgehead atoms. The molecule has 0 unspecified atom stereocenters. The number of thiophene rings is 1. The summed E-state index contributed by atoms with van der Waals surface area (Å²) in [5, 5.41) is 3.21. The number of anilines is 1. The van der Waals surface area contributed by atoms with Gasteiger partial charge < -0.3 is 5.43 Å². The van der Waals surface area contributed by atoms with Gasteiger partial charge in [-0.25, -0.2) is 10.8 Å². The van der Waals surface area contributed by atoms with Crippen LogP contribution < -0.4 is 11.3 Å². The molecule has 0 aliphatic carbocycles. The Bertz CT molecular complexity index is 733. The third kappa shape index (κ3) is 2.17. The van der Waals surface area contributed by atoms with E-state index in [-0.39, 0.29) is 0 Å². The second-order valence-electron chi connectivity index (χ2n) is 5.08. The molecule has 0 saturated heterocycles. The van der Waals surface area contributed by atoms with E-state index in [9.17, 15) is 0 Å². The number of rotatable bonds is 3. The van der Waals surface area contributed by atoms with Crippen LogP contribution in [0.4, 0.5) is 5.82 Å². The molecule has 0 radical (unpaired) electrons. The van der Waals surface area contributed by atoms with E-state index < -0.39 is 0 Å². The summed E-state index contributed by atoms with van der Waals surface area (Å²) in [7, 11) is 0. The van der Waals surface area contributed by atoms with Crippen molar-refractivity contribution in [3.63, 3.8) is 0 Å². The van der Waals surface area contributed by atoms with Gasteiger partial charge in [-0.05, 0) is 29.0 Å². The standard InChI is InChI=1S/C16H17N3S/c1-10(2)12-6-3-5-11-9-13(14-7-4-8-20-14)16(19-17)18-15(11)12/h3-10H,17H2,1-2H3,(H,18,19). The van der Waals surface area contributed by atoms with Gasteiger partial charge in [-0.1, -0.05) is 38.1 Å². The summed E-state index contributed by atoms with van der Waals surface area (Å²) in [6, 6.07) is 12.6. The Morgan fingerprint density at radius 1 is 1.20 bits per heavy atom. The highest BCUT2D eigenvalue weighted by atomic mass is 32.1. The molecule has 0 amide bonds. The number of benzene rings is 1. The van der Waals surface area contributed by atoms with Crippen LogP contribution in [0.2, 0.25) is 0 Å². The second kappa shape index (κ2) is 5.23. The van der Waals surface area contributed by atoms with Gasteiger partial charge in [0, 0.05) is 15.8 Å². The first-order chi connectivity index (χ1) is 9.70. The fourth-order valence-electron chi connectivity index (χ4n) is 2.42. The van der Waals surface area contributed by atoms with Crippen LogP contribution in [0.15, 0.2) is 41.8 Å². The molecule has 1 aromatic carbocycles. The van der Waals surface area contributed by atoms with Crippen LogP contribution in [-0.2, 0) is 0 Å². The van der Waals surface area contributed by atoms with E-state index in [1.54, 1.807) is 11.3 Å². The lowest BCUT2D eigenvalue weighted by Gasteiger charge is -2.13. The Kier molecular flexibility index (Phi) is 3.42. The highest BCUT2D eigenvalue weighted by molar-refractivity contribution is 7.13. The molecule has 4 heteroatoms. The third-order valence-electron chi connectivity index (χ3n) is 3.42. The molecule has 3 nitrogen and oxygen atoms in total. The van der Waals surface area contributed by atoms with E-state index in [1.165, 1.54) is 10.4 Å². The first-order valence-corrected chi connectivity index (χ1v) is 7.53. The third-order valence-corrected chi connectivity index (χ3v) is 4.33. The van der Waals surface area contributed by atoms with Crippen molar-refractivity contribution in [1.82, 2.24) is 4.98 Å². The van der Waals surface area contributed by atoms with Crippen LogP contribution in [0.25, 0.3) is 21.3 Å². The van der Waals surface area contributed by atoms with Gasteiger partial charge in [-0.3, -0.25) is 0 Å².